The highest BCUT2D eigenvalue weighted by Gasteiger charge is 2.33. The molecule has 0 aromatic carbocycles. The Morgan fingerprint density at radius 1 is 1.50 bits per heavy atom. The first-order chi connectivity index (χ1) is 9.83. The molecule has 5 heteroatoms. The fourth-order valence-corrected chi connectivity index (χ4v) is 2.69. The van der Waals surface area contributed by atoms with Gasteiger partial charge in [0.25, 0.3) is 5.88 Å². The van der Waals surface area contributed by atoms with Gasteiger partial charge in [-0.15, -0.1) is 0 Å². The number of allylic oxidation sites excluding steroid dienone is 1. The zero-order chi connectivity index (χ0) is 15.2. The Labute approximate surface area is 109 Å². The lowest BCUT2D eigenvalue weighted by molar-refractivity contribution is 0.364. The molecule has 1 N–H and O–H groups in total. The number of halogens is 1. The summed E-state index contributed by atoms with van der Waals surface area (Å²) in [6, 6.07) is 0. The normalized spacial score (nSPS) is 29.2. The topological polar surface area (TPSA) is 47.0 Å². The molecule has 1 aliphatic carbocycles. The lowest BCUT2D eigenvalue weighted by Gasteiger charge is -2.08. The summed E-state index contributed by atoms with van der Waals surface area (Å²) in [5.74, 6) is -0.00615. The van der Waals surface area contributed by atoms with E-state index in [4.69, 9.17) is 4.11 Å². The van der Waals surface area contributed by atoms with E-state index in [-0.39, 0.29) is 5.69 Å². The average Bonchev–Trinajstić information content (AvgIpc) is 2.93. The van der Waals surface area contributed by atoms with Crippen molar-refractivity contribution in [2.75, 3.05) is 20.1 Å². The Hall–Kier alpha value is -1.49. The molecule has 18 heavy (non-hydrogen) atoms. The van der Waals surface area contributed by atoms with Crippen LogP contribution in [0, 0.1) is 24.6 Å². The molecule has 1 aliphatic heterocycles. The van der Waals surface area contributed by atoms with Crippen LogP contribution in [0.25, 0.3) is 5.57 Å². The van der Waals surface area contributed by atoms with Gasteiger partial charge in [-0.2, -0.15) is 9.37 Å². The highest BCUT2D eigenvalue weighted by atomic mass is 19.1. The minimum atomic E-state index is -2.73. The highest BCUT2D eigenvalue weighted by Crippen LogP contribution is 2.37. The number of aromatic nitrogens is 2. The minimum Gasteiger partial charge on any atom is -0.479 e. The van der Waals surface area contributed by atoms with Gasteiger partial charge in [0.15, 0.2) is 5.82 Å². The summed E-state index contributed by atoms with van der Waals surface area (Å²) in [5, 5.41) is 3.31. The molecule has 2 aliphatic rings. The second kappa shape index (κ2) is 4.31. The largest absolute Gasteiger partial charge is 0.479 e. The molecule has 2 heterocycles. The van der Waals surface area contributed by atoms with E-state index in [0.29, 0.717) is 17.7 Å². The second-order valence-corrected chi connectivity index (χ2v) is 4.83. The summed E-state index contributed by atoms with van der Waals surface area (Å²) in [6.07, 6.45) is 2.91. The van der Waals surface area contributed by atoms with E-state index < -0.39 is 18.7 Å². The predicted molar refractivity (Wildman–Crippen MR) is 65.7 cm³/mol. The van der Waals surface area contributed by atoms with Gasteiger partial charge in [-0.3, -0.25) is 0 Å². The first-order valence-electron chi connectivity index (χ1n) is 7.48. The third kappa shape index (κ3) is 1.79. The van der Waals surface area contributed by atoms with Crippen LogP contribution in [0.4, 0.5) is 4.39 Å². The maximum Gasteiger partial charge on any atom is 0.254 e. The third-order valence-corrected chi connectivity index (χ3v) is 3.66. The molecule has 0 bridgehead atoms. The number of nitrogens with one attached hydrogen (secondary N) is 1. The Morgan fingerprint density at radius 3 is 3.17 bits per heavy atom. The molecular weight excluding hydrogens is 233 g/mol. The molecule has 1 aromatic rings. The maximum absolute atomic E-state index is 13.9. The van der Waals surface area contributed by atoms with Gasteiger partial charge in [0.1, 0.15) is 0 Å². The fourth-order valence-electron chi connectivity index (χ4n) is 2.69. The molecule has 2 unspecified atom stereocenters. The monoisotopic (exact) mass is 252 g/mol. The van der Waals surface area contributed by atoms with Crippen molar-refractivity contribution in [3.63, 3.8) is 0 Å². The SMILES string of the molecule is [2H]C([2H])([2H])Oc1nc(C2=CC3CNCC3C2)nc(C)c1F. The molecule has 4 nitrogen and oxygen atoms in total. The van der Waals surface area contributed by atoms with Crippen LogP contribution in [0.2, 0.25) is 0 Å². The average molecular weight is 252 g/mol. The molecule has 3 rings (SSSR count). The molecule has 2 atom stereocenters. The first-order valence-corrected chi connectivity index (χ1v) is 5.98. The number of aryl methyl sites for hydroxylation is 1. The Bertz CT molecular complexity index is 603. The number of rotatable bonds is 2. The highest BCUT2D eigenvalue weighted by molar-refractivity contribution is 5.63. The van der Waals surface area contributed by atoms with Crippen molar-refractivity contribution in [2.24, 2.45) is 11.8 Å². The van der Waals surface area contributed by atoms with Gasteiger partial charge in [-0.05, 0) is 37.3 Å². The lowest BCUT2D eigenvalue weighted by Crippen LogP contribution is -2.10. The van der Waals surface area contributed by atoms with Crippen molar-refractivity contribution in [3.05, 3.63) is 23.4 Å². The summed E-state index contributed by atoms with van der Waals surface area (Å²) >= 11 is 0. The molecule has 0 spiro atoms. The summed E-state index contributed by atoms with van der Waals surface area (Å²) < 4.78 is 39.8. The molecule has 96 valence electrons. The molecular formula is C13H16FN3O. The smallest absolute Gasteiger partial charge is 0.254 e. The molecule has 1 saturated heterocycles. The number of hydrogen-bond donors (Lipinski definition) is 1. The molecule has 0 saturated carbocycles. The van der Waals surface area contributed by atoms with E-state index in [0.717, 1.165) is 25.1 Å². The van der Waals surface area contributed by atoms with Crippen LogP contribution in [-0.4, -0.2) is 30.1 Å². The zero-order valence-corrected chi connectivity index (χ0v) is 10.0. The van der Waals surface area contributed by atoms with Gasteiger partial charge in [0, 0.05) is 6.54 Å². The van der Waals surface area contributed by atoms with Gasteiger partial charge in [-0.25, -0.2) is 4.98 Å². The van der Waals surface area contributed by atoms with E-state index in [9.17, 15) is 4.39 Å². The second-order valence-electron chi connectivity index (χ2n) is 4.83. The Balaban J connectivity index is 1.93. The van der Waals surface area contributed by atoms with Crippen LogP contribution in [-0.2, 0) is 0 Å². The van der Waals surface area contributed by atoms with Crippen LogP contribution in [0.3, 0.4) is 0 Å². The van der Waals surface area contributed by atoms with Gasteiger partial charge in [-0.1, -0.05) is 6.08 Å². The van der Waals surface area contributed by atoms with Crippen molar-refractivity contribution in [1.29, 1.82) is 0 Å². The molecule has 0 amide bonds. The van der Waals surface area contributed by atoms with E-state index in [1.165, 1.54) is 6.92 Å². The van der Waals surface area contributed by atoms with Crippen molar-refractivity contribution in [3.8, 4) is 5.88 Å². The van der Waals surface area contributed by atoms with Crippen LogP contribution in [0.1, 0.15) is 22.1 Å². The van der Waals surface area contributed by atoms with Crippen LogP contribution in [0.5, 0.6) is 5.88 Å². The van der Waals surface area contributed by atoms with Crippen molar-refractivity contribution < 1.29 is 13.2 Å². The Morgan fingerprint density at radius 2 is 2.39 bits per heavy atom. The van der Waals surface area contributed by atoms with E-state index in [2.05, 4.69) is 26.1 Å². The van der Waals surface area contributed by atoms with Gasteiger partial charge in [0.2, 0.25) is 5.82 Å². The number of ether oxygens (including phenoxy) is 1. The zero-order valence-electron chi connectivity index (χ0n) is 13.0. The summed E-state index contributed by atoms with van der Waals surface area (Å²) in [7, 11) is -2.73. The van der Waals surface area contributed by atoms with Crippen molar-refractivity contribution in [1.82, 2.24) is 15.3 Å². The molecule has 0 radical (unpaired) electrons. The van der Waals surface area contributed by atoms with Crippen LogP contribution >= 0.6 is 0 Å². The quantitative estimate of drug-likeness (QED) is 0.867. The minimum absolute atomic E-state index is 0.0929. The van der Waals surface area contributed by atoms with E-state index >= 15 is 0 Å². The molecule has 1 fully saturated rings. The number of hydrogen-bond acceptors (Lipinski definition) is 4. The van der Waals surface area contributed by atoms with Gasteiger partial charge >= 0.3 is 0 Å². The number of nitrogens with zero attached hydrogens (tertiary/aromatic N) is 2. The van der Waals surface area contributed by atoms with E-state index in [1.54, 1.807) is 0 Å². The first kappa shape index (κ1) is 8.58. The summed E-state index contributed by atoms with van der Waals surface area (Å²) in [6.45, 7) is 3.35. The van der Waals surface area contributed by atoms with Gasteiger partial charge in [0.05, 0.1) is 16.8 Å². The predicted octanol–water partition coefficient (Wildman–Crippen LogP) is 1.56. The lowest BCUT2D eigenvalue weighted by atomic mass is 10.00. The van der Waals surface area contributed by atoms with E-state index in [1.807, 2.05) is 0 Å². The van der Waals surface area contributed by atoms with Crippen molar-refractivity contribution in [2.45, 2.75) is 13.3 Å². The van der Waals surface area contributed by atoms with Crippen LogP contribution in [0.15, 0.2) is 6.08 Å². The summed E-state index contributed by atoms with van der Waals surface area (Å²) in [4.78, 5) is 8.10. The Kier molecular flexibility index (Phi) is 2.06. The van der Waals surface area contributed by atoms with Crippen molar-refractivity contribution >= 4 is 5.57 Å². The molecule has 1 aromatic heterocycles. The van der Waals surface area contributed by atoms with Crippen LogP contribution < -0.4 is 10.1 Å². The standard InChI is InChI=1S/C13H16FN3O/c1-7-11(14)13(18-2)17-12(16-7)8-3-9-5-15-6-10(9)4-8/h3,9-10,15H,4-6H2,1-2H3/i2D3. The maximum atomic E-state index is 13.9. The number of methoxy groups -OCH3 is 1. The fraction of sp³-hybridized carbons (Fsp3) is 0.538. The third-order valence-electron chi connectivity index (χ3n) is 3.66. The number of fused-ring (bicyclic) bond motifs is 1. The van der Waals surface area contributed by atoms with Gasteiger partial charge < -0.3 is 10.1 Å². The summed E-state index contributed by atoms with van der Waals surface area (Å²) in [5.41, 5.74) is 1.03.